The molecule has 8 heteroatoms. The van der Waals surface area contributed by atoms with Gasteiger partial charge in [0.1, 0.15) is 0 Å². The summed E-state index contributed by atoms with van der Waals surface area (Å²) in [6.45, 7) is 0. The van der Waals surface area contributed by atoms with Gasteiger partial charge in [-0.3, -0.25) is 0 Å². The van der Waals surface area contributed by atoms with Crippen molar-refractivity contribution in [2.75, 3.05) is 0 Å². The quantitative estimate of drug-likeness (QED) is 0.585. The van der Waals surface area contributed by atoms with Gasteiger partial charge in [-0.25, -0.2) is 18.6 Å². The van der Waals surface area contributed by atoms with Crippen molar-refractivity contribution in [1.29, 1.82) is 0 Å². The van der Waals surface area contributed by atoms with E-state index in [2.05, 4.69) is 4.98 Å². The normalized spacial score (nSPS) is 9.43. The molecular formula is C6HF4IrNO2. The predicted molar refractivity (Wildman–Crippen MR) is 31.0 cm³/mol. The SMILES string of the molecule is O=C(O)c1nc(F)c(F)c(F)c1F.[Ir]. The van der Waals surface area contributed by atoms with E-state index in [0.717, 1.165) is 0 Å². The van der Waals surface area contributed by atoms with Gasteiger partial charge in [0, 0.05) is 20.1 Å². The molecule has 0 aliphatic heterocycles. The molecule has 0 fully saturated rings. The van der Waals surface area contributed by atoms with Gasteiger partial charge >= 0.3 is 5.97 Å². The van der Waals surface area contributed by atoms with E-state index in [0.29, 0.717) is 0 Å². The van der Waals surface area contributed by atoms with Crippen LogP contribution in [0.1, 0.15) is 10.5 Å². The molecular weight excluding hydrogens is 386 g/mol. The van der Waals surface area contributed by atoms with Crippen LogP contribution in [-0.2, 0) is 20.1 Å². The first-order valence-corrected chi connectivity index (χ1v) is 2.88. The van der Waals surface area contributed by atoms with Crippen LogP contribution in [0.2, 0.25) is 0 Å². The molecule has 1 heterocycles. The number of hydrogen-bond acceptors (Lipinski definition) is 2. The van der Waals surface area contributed by atoms with Crippen LogP contribution < -0.4 is 0 Å². The Morgan fingerprint density at radius 3 is 2.00 bits per heavy atom. The van der Waals surface area contributed by atoms with Gasteiger partial charge in [-0.2, -0.15) is 8.78 Å². The molecule has 3 nitrogen and oxygen atoms in total. The molecule has 1 aromatic rings. The molecule has 0 atom stereocenters. The third-order valence-electron chi connectivity index (χ3n) is 1.19. The number of aromatic carboxylic acids is 1. The van der Waals surface area contributed by atoms with Crippen LogP contribution in [0.15, 0.2) is 0 Å². The van der Waals surface area contributed by atoms with Crippen molar-refractivity contribution in [1.82, 2.24) is 4.98 Å². The third-order valence-corrected chi connectivity index (χ3v) is 1.19. The third kappa shape index (κ3) is 2.07. The van der Waals surface area contributed by atoms with Gasteiger partial charge in [0.15, 0.2) is 11.5 Å². The Bertz CT molecular complexity index is 385. The van der Waals surface area contributed by atoms with Gasteiger partial charge in [-0.1, -0.05) is 0 Å². The van der Waals surface area contributed by atoms with E-state index in [1.807, 2.05) is 0 Å². The molecule has 0 unspecified atom stereocenters. The second kappa shape index (κ2) is 4.47. The van der Waals surface area contributed by atoms with Gasteiger partial charge in [-0.05, 0) is 0 Å². The summed E-state index contributed by atoms with van der Waals surface area (Å²) in [5, 5.41) is 8.15. The largest absolute Gasteiger partial charge is 0.476 e. The molecule has 79 valence electrons. The van der Waals surface area contributed by atoms with Crippen LogP contribution in [0.4, 0.5) is 17.6 Å². The average molecular weight is 387 g/mol. The molecule has 0 aliphatic rings. The Labute approximate surface area is 88.1 Å². The van der Waals surface area contributed by atoms with Crippen molar-refractivity contribution < 1.29 is 47.6 Å². The number of carbonyl (C=O) groups is 1. The molecule has 1 aromatic heterocycles. The fourth-order valence-corrected chi connectivity index (χ4v) is 0.629. The first-order valence-electron chi connectivity index (χ1n) is 2.88. The molecule has 0 aromatic carbocycles. The van der Waals surface area contributed by atoms with Crippen molar-refractivity contribution in [3.05, 3.63) is 29.1 Å². The van der Waals surface area contributed by atoms with Crippen molar-refractivity contribution in [3.8, 4) is 0 Å². The van der Waals surface area contributed by atoms with Gasteiger partial charge in [0.05, 0.1) is 0 Å². The number of nitrogens with zero attached hydrogens (tertiary/aromatic N) is 1. The number of carboxylic acid groups (broad SMARTS) is 1. The average Bonchev–Trinajstić information content (AvgIpc) is 2.07. The number of aromatic nitrogens is 1. The summed E-state index contributed by atoms with van der Waals surface area (Å²) in [6, 6.07) is 0. The van der Waals surface area contributed by atoms with Crippen molar-refractivity contribution in [2.24, 2.45) is 0 Å². The minimum Gasteiger partial charge on any atom is -0.476 e. The first kappa shape index (κ1) is 13.0. The van der Waals surface area contributed by atoms with E-state index in [1.165, 1.54) is 0 Å². The van der Waals surface area contributed by atoms with E-state index >= 15 is 0 Å². The van der Waals surface area contributed by atoms with Crippen LogP contribution in [0, 0.1) is 23.4 Å². The van der Waals surface area contributed by atoms with E-state index in [4.69, 9.17) is 5.11 Å². The Balaban J connectivity index is 0.00000169. The molecule has 1 rings (SSSR count). The summed E-state index contributed by atoms with van der Waals surface area (Å²) in [7, 11) is 0. The minimum absolute atomic E-state index is 0. The minimum atomic E-state index is -2.19. The van der Waals surface area contributed by atoms with E-state index in [-0.39, 0.29) is 20.1 Å². The second-order valence-corrected chi connectivity index (χ2v) is 2.00. The van der Waals surface area contributed by atoms with Crippen LogP contribution in [0.25, 0.3) is 0 Å². The van der Waals surface area contributed by atoms with Crippen molar-refractivity contribution in [3.63, 3.8) is 0 Å². The zero-order chi connectivity index (χ0) is 10.2. The number of hydrogen-bond donors (Lipinski definition) is 1. The monoisotopic (exact) mass is 388 g/mol. The summed E-state index contributed by atoms with van der Waals surface area (Å²) in [4.78, 5) is 12.5. The zero-order valence-electron chi connectivity index (χ0n) is 6.15. The first-order chi connectivity index (χ1) is 5.95. The fourth-order valence-electron chi connectivity index (χ4n) is 0.629. The maximum absolute atomic E-state index is 12.5. The number of halogens is 4. The Morgan fingerprint density at radius 2 is 1.57 bits per heavy atom. The van der Waals surface area contributed by atoms with Gasteiger partial charge in [0.2, 0.25) is 11.6 Å². The topological polar surface area (TPSA) is 50.2 Å². The molecule has 1 radical (unpaired) electrons. The van der Waals surface area contributed by atoms with Crippen LogP contribution in [-0.4, -0.2) is 16.1 Å². The Morgan fingerprint density at radius 1 is 1.07 bits per heavy atom. The smallest absolute Gasteiger partial charge is 0.357 e. The predicted octanol–water partition coefficient (Wildman–Crippen LogP) is 1.33. The van der Waals surface area contributed by atoms with Crippen LogP contribution >= 0.6 is 0 Å². The number of carboxylic acids is 1. The molecule has 0 spiro atoms. The molecule has 1 N–H and O–H groups in total. The van der Waals surface area contributed by atoms with Gasteiger partial charge < -0.3 is 5.11 Å². The number of rotatable bonds is 1. The number of pyridine rings is 1. The van der Waals surface area contributed by atoms with Gasteiger partial charge in [0.25, 0.3) is 5.95 Å². The van der Waals surface area contributed by atoms with E-state index in [1.54, 1.807) is 0 Å². The van der Waals surface area contributed by atoms with Crippen LogP contribution in [0.5, 0.6) is 0 Å². The van der Waals surface area contributed by atoms with Gasteiger partial charge in [-0.15, -0.1) is 0 Å². The standard InChI is InChI=1S/C6HF4NO2.Ir/c7-1-2(8)4(6(12)13)11-5(10)3(1)9;/h(H,12,13);. The molecule has 0 saturated heterocycles. The summed E-state index contributed by atoms with van der Waals surface area (Å²) in [5.41, 5.74) is -1.49. The summed E-state index contributed by atoms with van der Waals surface area (Å²) in [6.07, 6.45) is 0. The Hall–Kier alpha value is -1.01. The van der Waals surface area contributed by atoms with Crippen molar-refractivity contribution >= 4 is 5.97 Å². The molecule has 0 saturated carbocycles. The molecule has 14 heavy (non-hydrogen) atoms. The Kier molecular flexibility index (Phi) is 4.15. The fraction of sp³-hybridized carbons (Fsp3) is 0. The summed E-state index contributed by atoms with van der Waals surface area (Å²) in [5.74, 6) is -10.3. The van der Waals surface area contributed by atoms with E-state index in [9.17, 15) is 22.4 Å². The maximum Gasteiger partial charge on any atom is 0.357 e. The molecule has 0 amide bonds. The molecule has 0 aliphatic carbocycles. The maximum atomic E-state index is 12.5. The van der Waals surface area contributed by atoms with E-state index < -0.39 is 35.1 Å². The zero-order valence-corrected chi connectivity index (χ0v) is 8.54. The summed E-state index contributed by atoms with van der Waals surface area (Å²) < 4.78 is 49.2. The van der Waals surface area contributed by atoms with Crippen LogP contribution in [0.3, 0.4) is 0 Å². The summed E-state index contributed by atoms with van der Waals surface area (Å²) >= 11 is 0. The molecule has 0 bridgehead atoms. The second-order valence-electron chi connectivity index (χ2n) is 2.00. The van der Waals surface area contributed by atoms with Crippen molar-refractivity contribution in [2.45, 2.75) is 0 Å².